The number of nitrogens with zero attached hydrogens (tertiary/aromatic N) is 1. The molecule has 1 amide bonds. The van der Waals surface area contributed by atoms with Gasteiger partial charge in [0.05, 0.1) is 16.8 Å². The van der Waals surface area contributed by atoms with Gasteiger partial charge in [0, 0.05) is 10.6 Å². The number of carbonyl (C=O) groups excluding carboxylic acids is 1. The second kappa shape index (κ2) is 6.73. The monoisotopic (exact) mass is 440 g/mol. The van der Waals surface area contributed by atoms with E-state index < -0.39 is 0 Å². The summed E-state index contributed by atoms with van der Waals surface area (Å²) in [6, 6.07) is 11.3. The molecule has 0 aliphatic heterocycles. The molecule has 154 valence electrons. The van der Waals surface area contributed by atoms with Gasteiger partial charge in [-0.25, -0.2) is 4.98 Å². The van der Waals surface area contributed by atoms with Crippen LogP contribution in [-0.4, -0.2) is 16.4 Å². The minimum atomic E-state index is -0.0270. The maximum absolute atomic E-state index is 13.5. The summed E-state index contributed by atoms with van der Waals surface area (Å²) in [6.45, 7) is 0. The quantitative estimate of drug-likeness (QED) is 0.524. The van der Waals surface area contributed by atoms with Crippen LogP contribution in [-0.2, 0) is 0 Å². The number of imidazole rings is 1. The number of nitrogens with one attached hydrogen (secondary N) is 2. The second-order valence-electron chi connectivity index (χ2n) is 9.58. The number of aromatic nitrogens is 2. The zero-order chi connectivity index (χ0) is 20.5. The Hall–Kier alpha value is -2.04. The van der Waals surface area contributed by atoms with Crippen molar-refractivity contribution in [3.63, 3.8) is 0 Å². The Bertz CT molecular complexity index is 1130. The first-order chi connectivity index (χ1) is 14.5. The zero-order valence-electron chi connectivity index (χ0n) is 16.6. The number of hydrogen-bond acceptors (Lipinski definition) is 1. The molecule has 4 aliphatic carbocycles. The van der Waals surface area contributed by atoms with E-state index in [1.54, 1.807) is 6.07 Å². The van der Waals surface area contributed by atoms with Gasteiger partial charge in [0.2, 0.25) is 5.69 Å². The van der Waals surface area contributed by atoms with E-state index in [2.05, 4.69) is 10.3 Å². The second-order valence-corrected chi connectivity index (χ2v) is 10.4. The summed E-state index contributed by atoms with van der Waals surface area (Å²) in [5, 5.41) is 4.62. The number of amides is 1. The first-order valence-corrected chi connectivity index (χ1v) is 11.6. The van der Waals surface area contributed by atoms with Gasteiger partial charge in [-0.05, 0) is 86.6 Å². The number of rotatable bonds is 3. The van der Waals surface area contributed by atoms with E-state index in [0.29, 0.717) is 15.7 Å². The molecular weight excluding hydrogens is 417 g/mol. The van der Waals surface area contributed by atoms with Crippen LogP contribution in [0.5, 0.6) is 0 Å². The van der Waals surface area contributed by atoms with Crippen molar-refractivity contribution in [1.29, 1.82) is 0 Å². The predicted molar refractivity (Wildman–Crippen MR) is 118 cm³/mol. The largest absolute Gasteiger partial charge is 0.343 e. The van der Waals surface area contributed by atoms with Crippen LogP contribution in [0.4, 0.5) is 0 Å². The average Bonchev–Trinajstić information content (AvgIpc) is 3.06. The van der Waals surface area contributed by atoms with Crippen LogP contribution >= 0.6 is 23.2 Å². The Balaban J connectivity index is 1.39. The van der Waals surface area contributed by atoms with Gasteiger partial charge in [-0.3, -0.25) is 4.79 Å². The molecule has 30 heavy (non-hydrogen) atoms. The summed E-state index contributed by atoms with van der Waals surface area (Å²) < 4.78 is 1.99. The van der Waals surface area contributed by atoms with Gasteiger partial charge in [-0.1, -0.05) is 29.3 Å². The first-order valence-electron chi connectivity index (χ1n) is 10.8. The van der Waals surface area contributed by atoms with E-state index in [1.807, 2.05) is 40.9 Å². The number of halogens is 2. The van der Waals surface area contributed by atoms with Gasteiger partial charge in [0.15, 0.2) is 5.52 Å². The van der Waals surface area contributed by atoms with Crippen LogP contribution in [0.2, 0.25) is 10.0 Å². The number of fused-ring (bicyclic) bond motifs is 1. The highest BCUT2D eigenvalue weighted by molar-refractivity contribution is 6.36. The van der Waals surface area contributed by atoms with Gasteiger partial charge in [0.1, 0.15) is 0 Å². The molecule has 0 atom stereocenters. The van der Waals surface area contributed by atoms with Crippen molar-refractivity contribution in [1.82, 2.24) is 10.3 Å². The molecule has 3 aromatic rings. The van der Waals surface area contributed by atoms with Crippen LogP contribution in [0.25, 0.3) is 16.9 Å². The molecule has 1 aromatic carbocycles. The Morgan fingerprint density at radius 2 is 1.73 bits per heavy atom. The Kier molecular flexibility index (Phi) is 4.20. The van der Waals surface area contributed by atoms with Crippen LogP contribution in [0.3, 0.4) is 0 Å². The topological polar surface area (TPSA) is 49.0 Å². The van der Waals surface area contributed by atoms with Crippen molar-refractivity contribution in [2.24, 2.45) is 17.8 Å². The van der Waals surface area contributed by atoms with Crippen LogP contribution in [0, 0.1) is 17.8 Å². The van der Waals surface area contributed by atoms with Crippen LogP contribution in [0.1, 0.15) is 49.0 Å². The van der Waals surface area contributed by atoms with E-state index in [0.717, 1.165) is 53.9 Å². The molecule has 0 spiro atoms. The predicted octanol–water partition coefficient (Wildman–Crippen LogP) is 5.43. The summed E-state index contributed by atoms with van der Waals surface area (Å²) in [5.41, 5.74) is 2.23. The third kappa shape index (κ3) is 2.96. The fraction of sp³-hybridized carbons (Fsp3) is 0.417. The number of pyridine rings is 1. The maximum Gasteiger partial charge on any atom is 0.296 e. The molecule has 0 saturated heterocycles. The molecule has 7 rings (SSSR count). The number of hydrogen-bond donors (Lipinski definition) is 2. The lowest BCUT2D eigenvalue weighted by atomic mass is 9.53. The van der Waals surface area contributed by atoms with E-state index in [-0.39, 0.29) is 11.4 Å². The first kappa shape index (κ1) is 18.7. The lowest BCUT2D eigenvalue weighted by Gasteiger charge is -2.56. The molecule has 2 aromatic heterocycles. The lowest BCUT2D eigenvalue weighted by Crippen LogP contribution is -2.59. The fourth-order valence-corrected chi connectivity index (χ4v) is 7.20. The number of aromatic amines is 1. The third-order valence-corrected chi connectivity index (χ3v) is 7.98. The Labute approximate surface area is 185 Å². The summed E-state index contributed by atoms with van der Waals surface area (Å²) in [5.74, 6) is 3.12. The molecule has 4 aliphatic rings. The molecule has 4 bridgehead atoms. The third-order valence-electron chi connectivity index (χ3n) is 7.43. The Morgan fingerprint density at radius 1 is 1.03 bits per heavy atom. The van der Waals surface area contributed by atoms with Gasteiger partial charge in [-0.2, -0.15) is 4.40 Å². The summed E-state index contributed by atoms with van der Waals surface area (Å²) in [6.07, 6.45) is 9.42. The SMILES string of the molecule is O=C(NC12CC3CC(CC(C3)C1)C2)c1[nH]c(-c2ccc(Cl)cc2Cl)[n+]2ccccc12. The highest BCUT2D eigenvalue weighted by Gasteiger charge is 2.52. The van der Waals surface area contributed by atoms with Crippen molar-refractivity contribution >= 4 is 34.6 Å². The normalized spacial score (nSPS) is 29.5. The maximum atomic E-state index is 13.5. The van der Waals surface area contributed by atoms with Gasteiger partial charge < -0.3 is 5.32 Å². The molecule has 2 heterocycles. The molecule has 0 radical (unpaired) electrons. The molecule has 6 heteroatoms. The molecule has 2 N–H and O–H groups in total. The lowest BCUT2D eigenvalue weighted by molar-refractivity contribution is -0.498. The fourth-order valence-electron chi connectivity index (χ4n) is 6.70. The van der Waals surface area contributed by atoms with Gasteiger partial charge in [0.25, 0.3) is 11.7 Å². The minimum Gasteiger partial charge on any atom is -0.343 e. The molecule has 0 unspecified atom stereocenters. The standard InChI is InChI=1S/C24H23Cl2N3O/c25-17-4-5-18(19(26)10-17)22-27-21(20-3-1-2-6-29(20)22)23(30)28-24-11-14-7-15(12-24)9-16(8-14)13-24/h1-6,10,14-16H,7-9,11-13H2,(H,28,30)/p+1. The molecular formula is C24H24Cl2N3O+. The van der Waals surface area contributed by atoms with E-state index >= 15 is 0 Å². The molecule has 4 nitrogen and oxygen atoms in total. The van der Waals surface area contributed by atoms with E-state index in [9.17, 15) is 4.79 Å². The van der Waals surface area contributed by atoms with Crippen molar-refractivity contribution in [3.8, 4) is 11.4 Å². The number of benzene rings is 1. The van der Waals surface area contributed by atoms with Crippen molar-refractivity contribution in [2.75, 3.05) is 0 Å². The number of H-pyrrole nitrogens is 1. The van der Waals surface area contributed by atoms with Crippen molar-refractivity contribution < 1.29 is 9.20 Å². The molecule has 4 saturated carbocycles. The summed E-state index contributed by atoms with van der Waals surface area (Å²) >= 11 is 12.6. The minimum absolute atomic E-state index is 0.0167. The molecule has 4 fully saturated rings. The van der Waals surface area contributed by atoms with E-state index in [1.165, 1.54) is 19.3 Å². The highest BCUT2D eigenvalue weighted by Crippen LogP contribution is 2.55. The van der Waals surface area contributed by atoms with Gasteiger partial charge >= 0.3 is 0 Å². The van der Waals surface area contributed by atoms with Crippen LogP contribution in [0.15, 0.2) is 42.6 Å². The van der Waals surface area contributed by atoms with Gasteiger partial charge in [-0.15, -0.1) is 0 Å². The highest BCUT2D eigenvalue weighted by atomic mass is 35.5. The Morgan fingerprint density at radius 3 is 2.40 bits per heavy atom. The summed E-state index contributed by atoms with van der Waals surface area (Å²) in [4.78, 5) is 16.9. The van der Waals surface area contributed by atoms with Crippen molar-refractivity contribution in [3.05, 3.63) is 58.3 Å². The van der Waals surface area contributed by atoms with Crippen molar-refractivity contribution in [2.45, 2.75) is 44.1 Å². The van der Waals surface area contributed by atoms with Crippen LogP contribution < -0.4 is 9.72 Å². The van der Waals surface area contributed by atoms with E-state index in [4.69, 9.17) is 23.2 Å². The zero-order valence-corrected chi connectivity index (χ0v) is 18.1. The average molecular weight is 441 g/mol. The summed E-state index contributed by atoms with van der Waals surface area (Å²) in [7, 11) is 0. The number of carbonyl (C=O) groups is 1. The smallest absolute Gasteiger partial charge is 0.296 e.